The zero-order chi connectivity index (χ0) is 34.5. The predicted octanol–water partition coefficient (Wildman–Crippen LogP) is 7.09. The molecule has 0 fully saturated rings. The van der Waals surface area contributed by atoms with Gasteiger partial charge in [-0.2, -0.15) is 0 Å². The Balaban J connectivity index is 1.32. The fourth-order valence-electron chi connectivity index (χ4n) is 5.17. The SMILES string of the molecule is CCCCCOc1cc(N(C)CCC)ccc1NNC1C=CC(C(=O)Oc2ccc(C(=O)Oc3ccc([N+](=O)[O-])cc3)c(OC)c2)CC1. The lowest BCUT2D eigenvalue weighted by atomic mass is 9.93. The second-order valence-electron chi connectivity index (χ2n) is 11.5. The number of ether oxygens (including phenoxy) is 4. The van der Waals surface area contributed by atoms with Gasteiger partial charge in [-0.05, 0) is 62.1 Å². The zero-order valence-corrected chi connectivity index (χ0v) is 27.9. The molecule has 12 heteroatoms. The quantitative estimate of drug-likeness (QED) is 0.0383. The first-order chi connectivity index (χ1) is 23.2. The van der Waals surface area contributed by atoms with E-state index in [9.17, 15) is 19.7 Å². The Kier molecular flexibility index (Phi) is 13.2. The molecule has 0 heterocycles. The van der Waals surface area contributed by atoms with Crippen LogP contribution in [0.1, 0.15) is 62.7 Å². The van der Waals surface area contributed by atoms with Crippen LogP contribution in [0.2, 0.25) is 0 Å². The molecule has 256 valence electrons. The lowest BCUT2D eigenvalue weighted by molar-refractivity contribution is -0.384. The second-order valence-corrected chi connectivity index (χ2v) is 11.5. The standard InChI is InChI=1S/C36H44N4O8/c1-5-7-8-22-46-34-23-28(39(3)21-6-2)15-20-32(34)38-37-26-11-9-25(10-12-26)35(41)48-30-18-19-31(33(24-30)45-4)36(42)47-29-16-13-27(14-17-29)40(43)44/h9,11,13-20,23-26,37-38H,5-8,10,12,21-22H2,1-4H3. The number of nitro groups is 1. The number of methoxy groups -OCH3 is 1. The Morgan fingerprint density at radius 2 is 1.69 bits per heavy atom. The fraction of sp³-hybridized carbons (Fsp3) is 0.389. The van der Waals surface area contributed by atoms with Crippen molar-refractivity contribution in [2.75, 3.05) is 37.6 Å². The molecule has 0 saturated heterocycles. The van der Waals surface area contributed by atoms with Gasteiger partial charge in [0.1, 0.15) is 28.6 Å². The summed E-state index contributed by atoms with van der Waals surface area (Å²) in [5.41, 5.74) is 8.59. The van der Waals surface area contributed by atoms with Gasteiger partial charge >= 0.3 is 11.9 Å². The van der Waals surface area contributed by atoms with Gasteiger partial charge in [0, 0.05) is 49.6 Å². The van der Waals surface area contributed by atoms with Crippen molar-refractivity contribution < 1.29 is 33.5 Å². The van der Waals surface area contributed by atoms with E-state index < -0.39 is 22.8 Å². The van der Waals surface area contributed by atoms with Gasteiger partial charge in [0.15, 0.2) is 0 Å². The van der Waals surface area contributed by atoms with E-state index in [1.165, 1.54) is 49.6 Å². The summed E-state index contributed by atoms with van der Waals surface area (Å²) >= 11 is 0. The molecule has 4 rings (SSSR count). The molecule has 3 aromatic carbocycles. The van der Waals surface area contributed by atoms with Gasteiger partial charge in [-0.15, -0.1) is 0 Å². The summed E-state index contributed by atoms with van der Waals surface area (Å²) in [6.07, 6.45) is 9.35. The summed E-state index contributed by atoms with van der Waals surface area (Å²) in [5, 5.41) is 10.9. The van der Waals surface area contributed by atoms with Gasteiger partial charge in [0.2, 0.25) is 0 Å². The third-order valence-corrected chi connectivity index (χ3v) is 7.90. The first-order valence-electron chi connectivity index (χ1n) is 16.3. The molecule has 0 amide bonds. The molecule has 0 spiro atoms. The highest BCUT2D eigenvalue weighted by Gasteiger charge is 2.25. The van der Waals surface area contributed by atoms with Crippen LogP contribution in [-0.4, -0.2) is 50.2 Å². The van der Waals surface area contributed by atoms with Crippen molar-refractivity contribution in [2.24, 2.45) is 5.92 Å². The van der Waals surface area contributed by atoms with E-state index in [-0.39, 0.29) is 34.5 Å². The van der Waals surface area contributed by atoms with Gasteiger partial charge in [-0.3, -0.25) is 14.9 Å². The Hall–Kier alpha value is -5.10. The molecule has 2 atom stereocenters. The number of unbranched alkanes of at least 4 members (excludes halogenated alkanes) is 2. The normalized spacial score (nSPS) is 15.3. The third kappa shape index (κ3) is 9.95. The number of hydrogen-bond donors (Lipinski definition) is 2. The summed E-state index contributed by atoms with van der Waals surface area (Å²) in [7, 11) is 3.46. The van der Waals surface area contributed by atoms with Crippen LogP contribution >= 0.6 is 0 Å². The number of esters is 2. The molecule has 3 aromatic rings. The highest BCUT2D eigenvalue weighted by atomic mass is 16.6. The number of rotatable bonds is 17. The van der Waals surface area contributed by atoms with Crippen LogP contribution in [0.4, 0.5) is 17.1 Å². The van der Waals surface area contributed by atoms with E-state index in [0.717, 1.165) is 49.4 Å². The van der Waals surface area contributed by atoms with Crippen LogP contribution in [0, 0.1) is 16.0 Å². The van der Waals surface area contributed by atoms with Gasteiger partial charge in [0.25, 0.3) is 5.69 Å². The number of non-ortho nitro benzene ring substituents is 1. The topological polar surface area (TPSA) is 142 Å². The van der Waals surface area contributed by atoms with Crippen molar-refractivity contribution in [2.45, 2.75) is 58.4 Å². The number of carbonyl (C=O) groups excluding carboxylic acids is 2. The van der Waals surface area contributed by atoms with Crippen LogP contribution in [-0.2, 0) is 4.79 Å². The average Bonchev–Trinajstić information content (AvgIpc) is 3.09. The molecular formula is C36H44N4O8. The summed E-state index contributed by atoms with van der Waals surface area (Å²) in [6.45, 7) is 5.93. The third-order valence-electron chi connectivity index (χ3n) is 7.90. The van der Waals surface area contributed by atoms with Gasteiger partial charge < -0.3 is 29.3 Å². The smallest absolute Gasteiger partial charge is 0.347 e. The van der Waals surface area contributed by atoms with E-state index in [0.29, 0.717) is 19.4 Å². The van der Waals surface area contributed by atoms with Crippen LogP contribution in [0.5, 0.6) is 23.0 Å². The van der Waals surface area contributed by atoms with Crippen LogP contribution in [0.25, 0.3) is 0 Å². The van der Waals surface area contributed by atoms with Crippen molar-refractivity contribution in [3.8, 4) is 23.0 Å². The number of nitrogens with one attached hydrogen (secondary N) is 2. The number of benzene rings is 3. The first-order valence-corrected chi connectivity index (χ1v) is 16.3. The van der Waals surface area contributed by atoms with Crippen molar-refractivity contribution >= 4 is 29.0 Å². The van der Waals surface area contributed by atoms with Crippen LogP contribution in [0.15, 0.2) is 72.8 Å². The summed E-state index contributed by atoms with van der Waals surface area (Å²) in [4.78, 5) is 38.3. The maximum absolute atomic E-state index is 13.0. The number of hydrazine groups is 1. The molecule has 1 aliphatic carbocycles. The highest BCUT2D eigenvalue weighted by molar-refractivity contribution is 5.94. The minimum atomic E-state index is -0.726. The zero-order valence-electron chi connectivity index (χ0n) is 27.9. The Morgan fingerprint density at radius 1 is 0.917 bits per heavy atom. The van der Waals surface area contributed by atoms with E-state index in [4.69, 9.17) is 18.9 Å². The number of anilines is 2. The maximum Gasteiger partial charge on any atom is 0.347 e. The number of nitrogens with zero attached hydrogens (tertiary/aromatic N) is 2. The highest BCUT2D eigenvalue weighted by Crippen LogP contribution is 2.31. The van der Waals surface area contributed by atoms with E-state index in [2.05, 4.69) is 48.8 Å². The van der Waals surface area contributed by atoms with Crippen LogP contribution in [0.3, 0.4) is 0 Å². The molecule has 2 unspecified atom stereocenters. The van der Waals surface area contributed by atoms with Crippen LogP contribution < -0.4 is 34.7 Å². The summed E-state index contributed by atoms with van der Waals surface area (Å²) in [6, 6.07) is 15.7. The molecule has 0 saturated carbocycles. The van der Waals surface area contributed by atoms with E-state index >= 15 is 0 Å². The summed E-state index contributed by atoms with van der Waals surface area (Å²) < 4.78 is 22.5. The number of nitro benzene ring substituents is 1. The number of hydrogen-bond acceptors (Lipinski definition) is 11. The minimum absolute atomic E-state index is 0.00873. The largest absolute Gasteiger partial charge is 0.496 e. The predicted molar refractivity (Wildman–Crippen MR) is 184 cm³/mol. The Bertz CT molecular complexity index is 1580. The van der Waals surface area contributed by atoms with Crippen molar-refractivity contribution in [1.29, 1.82) is 0 Å². The van der Waals surface area contributed by atoms with E-state index in [1.807, 2.05) is 18.2 Å². The molecular weight excluding hydrogens is 616 g/mol. The lowest BCUT2D eigenvalue weighted by Gasteiger charge is -2.25. The summed E-state index contributed by atoms with van der Waals surface area (Å²) in [5.74, 6) is -0.280. The molecule has 0 bridgehead atoms. The van der Waals surface area contributed by atoms with Gasteiger partial charge in [-0.25, -0.2) is 10.2 Å². The lowest BCUT2D eigenvalue weighted by Crippen LogP contribution is -2.36. The second kappa shape index (κ2) is 17.7. The molecule has 0 aliphatic heterocycles. The molecule has 2 N–H and O–H groups in total. The van der Waals surface area contributed by atoms with Crippen molar-refractivity contribution in [3.63, 3.8) is 0 Å². The number of carbonyl (C=O) groups is 2. The van der Waals surface area contributed by atoms with E-state index in [1.54, 1.807) is 0 Å². The maximum atomic E-state index is 13.0. The van der Waals surface area contributed by atoms with Gasteiger partial charge in [0.05, 0.1) is 30.2 Å². The van der Waals surface area contributed by atoms with Crippen molar-refractivity contribution in [1.82, 2.24) is 5.43 Å². The van der Waals surface area contributed by atoms with Crippen molar-refractivity contribution in [3.05, 3.63) is 88.5 Å². The Morgan fingerprint density at radius 3 is 2.35 bits per heavy atom. The first kappa shape index (κ1) is 35.7. The molecule has 0 radical (unpaired) electrons. The monoisotopic (exact) mass is 660 g/mol. The Labute approximate surface area is 281 Å². The minimum Gasteiger partial charge on any atom is -0.496 e. The van der Waals surface area contributed by atoms with Gasteiger partial charge in [-0.1, -0.05) is 38.8 Å². The fourth-order valence-corrected chi connectivity index (χ4v) is 5.17. The molecule has 1 aliphatic rings. The molecule has 48 heavy (non-hydrogen) atoms. The average molecular weight is 661 g/mol. The molecule has 12 nitrogen and oxygen atoms in total. The molecule has 0 aromatic heterocycles.